The zero-order valence-electron chi connectivity index (χ0n) is 18.0. The molecule has 2 aromatic heterocycles. The number of hydrogen-bond acceptors (Lipinski definition) is 6. The fourth-order valence-electron chi connectivity index (χ4n) is 3.21. The standard InChI is InChI=1S/C21H23F2N3O4S.Na/c1-14-18(11-31(27)20-25-16-4-2-3-5-17(16)26-20)24-7-6-19(14)28-8-15-9-29-21(12-22,13-23)30-10-15;/h2-7,15H,8-13H2,1H3,(H,25,26);. The van der Waals surface area contributed by atoms with Crippen molar-refractivity contribution in [3.05, 3.63) is 47.8 Å². The van der Waals surface area contributed by atoms with Crippen LogP contribution >= 0.6 is 0 Å². The van der Waals surface area contributed by atoms with Crippen molar-refractivity contribution in [2.45, 2.75) is 23.6 Å². The summed E-state index contributed by atoms with van der Waals surface area (Å²) in [5.74, 6) is -1.16. The van der Waals surface area contributed by atoms with Crippen LogP contribution in [0.1, 0.15) is 11.3 Å². The van der Waals surface area contributed by atoms with Gasteiger partial charge in [0, 0.05) is 47.2 Å². The molecule has 1 radical (unpaired) electrons. The molecule has 1 atom stereocenters. The van der Waals surface area contributed by atoms with Gasteiger partial charge in [0.1, 0.15) is 19.1 Å². The average molecular weight is 474 g/mol. The van der Waals surface area contributed by atoms with Crippen molar-refractivity contribution in [1.29, 1.82) is 0 Å². The van der Waals surface area contributed by atoms with Crippen molar-refractivity contribution < 1.29 is 27.2 Å². The number of aromatic amines is 1. The fourth-order valence-corrected chi connectivity index (χ4v) is 4.31. The van der Waals surface area contributed by atoms with Gasteiger partial charge < -0.3 is 19.2 Å². The summed E-state index contributed by atoms with van der Waals surface area (Å²) >= 11 is 0. The van der Waals surface area contributed by atoms with E-state index in [1.807, 2.05) is 31.2 Å². The van der Waals surface area contributed by atoms with Crippen LogP contribution in [0.25, 0.3) is 11.0 Å². The minimum atomic E-state index is -1.78. The van der Waals surface area contributed by atoms with Crippen LogP contribution in [-0.4, -0.2) is 87.7 Å². The summed E-state index contributed by atoms with van der Waals surface area (Å²) < 4.78 is 55.0. The van der Waals surface area contributed by atoms with Gasteiger partial charge in [0.05, 0.1) is 53.1 Å². The van der Waals surface area contributed by atoms with E-state index in [2.05, 4.69) is 15.0 Å². The van der Waals surface area contributed by atoms with Crippen molar-refractivity contribution in [3.63, 3.8) is 0 Å². The Morgan fingerprint density at radius 3 is 2.62 bits per heavy atom. The number of hydrogen-bond donors (Lipinski definition) is 1. The van der Waals surface area contributed by atoms with Crippen LogP contribution in [0.4, 0.5) is 8.78 Å². The van der Waals surface area contributed by atoms with E-state index < -0.39 is 29.9 Å². The van der Waals surface area contributed by atoms with E-state index in [-0.39, 0.29) is 61.0 Å². The number of pyridine rings is 1. The van der Waals surface area contributed by atoms with Gasteiger partial charge in [0.2, 0.25) is 5.79 Å². The Hall–Kier alpha value is -1.43. The molecule has 3 aromatic rings. The predicted octanol–water partition coefficient (Wildman–Crippen LogP) is 2.87. The number of nitrogens with one attached hydrogen (secondary N) is 1. The Balaban J connectivity index is 0.00000289. The van der Waals surface area contributed by atoms with Gasteiger partial charge in [-0.3, -0.25) is 9.19 Å². The molecule has 4 rings (SSSR count). The number of fused-ring (bicyclic) bond motifs is 1. The molecule has 0 saturated carbocycles. The van der Waals surface area contributed by atoms with Crippen molar-refractivity contribution in [1.82, 2.24) is 15.0 Å². The zero-order valence-corrected chi connectivity index (χ0v) is 20.8. The third-order valence-corrected chi connectivity index (χ3v) is 6.32. The van der Waals surface area contributed by atoms with Crippen LogP contribution in [0.2, 0.25) is 0 Å². The molecule has 1 saturated heterocycles. The van der Waals surface area contributed by atoms with Gasteiger partial charge in [-0.1, -0.05) is 12.1 Å². The molecule has 32 heavy (non-hydrogen) atoms. The monoisotopic (exact) mass is 474 g/mol. The summed E-state index contributed by atoms with van der Waals surface area (Å²) in [6.45, 7) is 0.310. The molecule has 0 aliphatic carbocycles. The molecule has 0 amide bonds. The Bertz CT molecular complexity index is 1040. The van der Waals surface area contributed by atoms with Gasteiger partial charge in [0.15, 0.2) is 5.16 Å². The van der Waals surface area contributed by atoms with E-state index in [1.165, 1.54) is 0 Å². The Labute approximate surface area is 209 Å². The number of nitrogens with zero attached hydrogens (tertiary/aromatic N) is 2. The zero-order chi connectivity index (χ0) is 21.8. The van der Waals surface area contributed by atoms with E-state index in [4.69, 9.17) is 14.2 Å². The van der Waals surface area contributed by atoms with E-state index >= 15 is 0 Å². The van der Waals surface area contributed by atoms with Gasteiger partial charge in [0.25, 0.3) is 0 Å². The molecule has 0 spiro atoms. The molecule has 3 heterocycles. The summed E-state index contributed by atoms with van der Waals surface area (Å²) in [5.41, 5.74) is 3.00. The second-order valence-corrected chi connectivity index (χ2v) is 8.77. The molecule has 1 unspecified atom stereocenters. The molecule has 7 nitrogen and oxygen atoms in total. The van der Waals surface area contributed by atoms with Crippen LogP contribution in [0.15, 0.2) is 41.7 Å². The second kappa shape index (κ2) is 11.1. The number of rotatable bonds is 8. The van der Waals surface area contributed by atoms with Gasteiger partial charge in [-0.05, 0) is 25.1 Å². The minimum absolute atomic E-state index is 0. The maximum absolute atomic E-state index is 12.9. The number of para-hydroxylation sites is 2. The molecule has 1 N–H and O–H groups in total. The molecule has 1 fully saturated rings. The number of aromatic nitrogens is 3. The molecule has 1 aromatic carbocycles. The van der Waals surface area contributed by atoms with E-state index in [1.54, 1.807) is 12.3 Å². The van der Waals surface area contributed by atoms with Gasteiger partial charge >= 0.3 is 0 Å². The fraction of sp³-hybridized carbons (Fsp3) is 0.429. The first-order chi connectivity index (χ1) is 15.0. The van der Waals surface area contributed by atoms with Gasteiger partial charge in [-0.15, -0.1) is 0 Å². The maximum atomic E-state index is 12.9. The maximum Gasteiger partial charge on any atom is 0.226 e. The van der Waals surface area contributed by atoms with Gasteiger partial charge in [-0.2, -0.15) is 0 Å². The summed E-state index contributed by atoms with van der Waals surface area (Å²) in [6, 6.07) is 9.22. The van der Waals surface area contributed by atoms with Crippen molar-refractivity contribution in [3.8, 4) is 5.75 Å². The number of alkyl halides is 2. The van der Waals surface area contributed by atoms with Crippen LogP contribution < -0.4 is 4.74 Å². The average Bonchev–Trinajstić information content (AvgIpc) is 3.25. The predicted molar refractivity (Wildman–Crippen MR) is 117 cm³/mol. The molecule has 167 valence electrons. The topological polar surface area (TPSA) is 86.3 Å². The van der Waals surface area contributed by atoms with Crippen LogP contribution in [0.5, 0.6) is 5.75 Å². The molecule has 1 aliphatic rings. The van der Waals surface area contributed by atoms with E-state index in [0.717, 1.165) is 16.6 Å². The first-order valence-electron chi connectivity index (χ1n) is 9.84. The Morgan fingerprint density at radius 1 is 1.22 bits per heavy atom. The normalized spacial score (nSPS) is 17.1. The Morgan fingerprint density at radius 2 is 1.94 bits per heavy atom. The molecule has 0 bridgehead atoms. The summed E-state index contributed by atoms with van der Waals surface area (Å²) in [4.78, 5) is 11.8. The van der Waals surface area contributed by atoms with Crippen molar-refractivity contribution in [2.24, 2.45) is 5.92 Å². The number of halogens is 2. The number of benzene rings is 1. The van der Waals surface area contributed by atoms with Gasteiger partial charge in [-0.25, -0.2) is 13.8 Å². The Kier molecular flexibility index (Phi) is 8.76. The quantitative estimate of drug-likeness (QED) is 0.506. The number of H-pyrrole nitrogens is 1. The first kappa shape index (κ1) is 25.2. The van der Waals surface area contributed by atoms with E-state index in [0.29, 0.717) is 16.6 Å². The summed E-state index contributed by atoms with van der Waals surface area (Å²) in [7, 11) is -1.40. The molecule has 11 heteroatoms. The third kappa shape index (κ3) is 5.55. The molecular weight excluding hydrogens is 451 g/mol. The largest absolute Gasteiger partial charge is 0.493 e. The first-order valence-corrected chi connectivity index (χ1v) is 11.2. The number of ether oxygens (including phenoxy) is 3. The summed E-state index contributed by atoms with van der Waals surface area (Å²) in [5, 5.41) is 0.398. The van der Waals surface area contributed by atoms with Crippen LogP contribution in [0.3, 0.4) is 0 Å². The van der Waals surface area contributed by atoms with Crippen molar-refractivity contribution >= 4 is 51.4 Å². The number of imidazole rings is 1. The SMILES string of the molecule is Cc1c(OCC2COC(CF)(CF)OC2)ccnc1CS(=O)c1nc2ccccc2[nH]1.[Na]. The second-order valence-electron chi connectivity index (χ2n) is 7.41. The third-order valence-electron chi connectivity index (χ3n) is 5.16. The molecular formula is C21H23F2N3NaO4S. The summed E-state index contributed by atoms with van der Waals surface area (Å²) in [6.07, 6.45) is 1.60. The molecule has 1 aliphatic heterocycles. The van der Waals surface area contributed by atoms with E-state index in [9.17, 15) is 13.0 Å². The van der Waals surface area contributed by atoms with Crippen LogP contribution in [-0.2, 0) is 26.0 Å². The van der Waals surface area contributed by atoms with Crippen molar-refractivity contribution in [2.75, 3.05) is 33.2 Å². The minimum Gasteiger partial charge on any atom is -0.493 e. The van der Waals surface area contributed by atoms with Crippen LogP contribution in [0, 0.1) is 12.8 Å². The smallest absolute Gasteiger partial charge is 0.226 e.